The topological polar surface area (TPSA) is 52.3 Å². The van der Waals surface area contributed by atoms with Crippen LogP contribution in [-0.4, -0.2) is 19.6 Å². The molecule has 0 aromatic rings. The Morgan fingerprint density at radius 3 is 2.38 bits per heavy atom. The fourth-order valence-corrected chi connectivity index (χ4v) is 1.43. The lowest BCUT2D eigenvalue weighted by Gasteiger charge is -2.19. The number of hydrogen-bond acceptors (Lipinski definition) is 3. The zero-order valence-corrected chi connectivity index (χ0v) is 8.88. The predicted octanol–water partition coefficient (Wildman–Crippen LogP) is 1.56. The molecular weight excluding hydrogens is 166 g/mol. The summed E-state index contributed by atoms with van der Waals surface area (Å²) in [4.78, 5) is 10.9. The molecule has 1 unspecified atom stereocenters. The smallest absolute Gasteiger partial charge is 0.305 e. The van der Waals surface area contributed by atoms with E-state index in [2.05, 4.69) is 18.6 Å². The minimum absolute atomic E-state index is 0.123. The molecule has 13 heavy (non-hydrogen) atoms. The Labute approximate surface area is 80.6 Å². The van der Waals surface area contributed by atoms with Crippen molar-refractivity contribution in [3.63, 3.8) is 0 Å². The minimum atomic E-state index is -0.123. The average molecular weight is 187 g/mol. The first-order valence-electron chi connectivity index (χ1n) is 4.88. The third kappa shape index (κ3) is 5.64. The Morgan fingerprint density at radius 2 is 2.00 bits per heavy atom. The molecule has 0 rings (SSSR count). The van der Waals surface area contributed by atoms with Gasteiger partial charge in [0.2, 0.25) is 0 Å². The molecule has 0 amide bonds. The van der Waals surface area contributed by atoms with Crippen LogP contribution >= 0.6 is 0 Å². The molecule has 3 heteroatoms. The standard InChI is InChI=1S/C10H21NO2/c1-8(2)9(6-7-11)4-5-10(12)13-3/h8-9H,4-7,11H2,1-3H3. The van der Waals surface area contributed by atoms with E-state index in [0.717, 1.165) is 12.8 Å². The van der Waals surface area contributed by atoms with Crippen LogP contribution in [-0.2, 0) is 9.53 Å². The lowest BCUT2D eigenvalue weighted by atomic mass is 9.88. The number of ether oxygens (including phenoxy) is 1. The molecule has 0 bridgehead atoms. The second-order valence-corrected chi connectivity index (χ2v) is 3.70. The van der Waals surface area contributed by atoms with Crippen LogP contribution in [0.2, 0.25) is 0 Å². The molecule has 1 atom stereocenters. The van der Waals surface area contributed by atoms with Crippen molar-refractivity contribution < 1.29 is 9.53 Å². The van der Waals surface area contributed by atoms with E-state index in [4.69, 9.17) is 5.73 Å². The van der Waals surface area contributed by atoms with E-state index in [1.54, 1.807) is 0 Å². The minimum Gasteiger partial charge on any atom is -0.469 e. The van der Waals surface area contributed by atoms with Crippen molar-refractivity contribution in [3.8, 4) is 0 Å². The predicted molar refractivity (Wildman–Crippen MR) is 53.2 cm³/mol. The molecule has 0 aromatic heterocycles. The second kappa shape index (κ2) is 6.89. The Hall–Kier alpha value is -0.570. The highest BCUT2D eigenvalue weighted by Crippen LogP contribution is 2.20. The number of rotatable bonds is 6. The molecule has 2 N–H and O–H groups in total. The van der Waals surface area contributed by atoms with Gasteiger partial charge in [0, 0.05) is 6.42 Å². The van der Waals surface area contributed by atoms with Gasteiger partial charge in [0.05, 0.1) is 7.11 Å². The highest BCUT2D eigenvalue weighted by Gasteiger charge is 2.14. The third-order valence-corrected chi connectivity index (χ3v) is 2.43. The molecule has 78 valence electrons. The maximum atomic E-state index is 10.9. The van der Waals surface area contributed by atoms with Gasteiger partial charge in [-0.3, -0.25) is 4.79 Å². The summed E-state index contributed by atoms with van der Waals surface area (Å²) in [6.45, 7) is 5.03. The zero-order valence-electron chi connectivity index (χ0n) is 8.88. The molecule has 0 saturated heterocycles. The Kier molecular flexibility index (Phi) is 6.59. The van der Waals surface area contributed by atoms with Crippen molar-refractivity contribution in [3.05, 3.63) is 0 Å². The molecule has 0 aliphatic carbocycles. The SMILES string of the molecule is COC(=O)CCC(CCN)C(C)C. The van der Waals surface area contributed by atoms with Crippen LogP contribution in [0.5, 0.6) is 0 Å². The molecular formula is C10H21NO2. The number of nitrogens with two attached hydrogens (primary N) is 1. The first-order chi connectivity index (χ1) is 6.11. The molecule has 3 nitrogen and oxygen atoms in total. The maximum Gasteiger partial charge on any atom is 0.305 e. The van der Waals surface area contributed by atoms with Gasteiger partial charge in [0.15, 0.2) is 0 Å². The summed E-state index contributed by atoms with van der Waals surface area (Å²) >= 11 is 0. The third-order valence-electron chi connectivity index (χ3n) is 2.43. The van der Waals surface area contributed by atoms with Crippen molar-refractivity contribution in [1.29, 1.82) is 0 Å². The van der Waals surface area contributed by atoms with Gasteiger partial charge in [-0.15, -0.1) is 0 Å². The summed E-state index contributed by atoms with van der Waals surface area (Å²) in [6, 6.07) is 0. The molecule has 0 heterocycles. The molecule has 0 saturated carbocycles. The number of esters is 1. The second-order valence-electron chi connectivity index (χ2n) is 3.70. The van der Waals surface area contributed by atoms with Gasteiger partial charge < -0.3 is 10.5 Å². The normalized spacial score (nSPS) is 13.0. The van der Waals surface area contributed by atoms with Crippen LogP contribution < -0.4 is 5.73 Å². The molecule has 0 radical (unpaired) electrons. The van der Waals surface area contributed by atoms with E-state index in [1.165, 1.54) is 7.11 Å². The van der Waals surface area contributed by atoms with Gasteiger partial charge in [0.25, 0.3) is 0 Å². The van der Waals surface area contributed by atoms with Gasteiger partial charge >= 0.3 is 5.97 Å². The molecule has 0 spiro atoms. The van der Waals surface area contributed by atoms with Crippen LogP contribution in [0.25, 0.3) is 0 Å². The Bertz CT molecular complexity index is 146. The summed E-state index contributed by atoms with van der Waals surface area (Å²) in [5, 5.41) is 0. The summed E-state index contributed by atoms with van der Waals surface area (Å²) in [6.07, 6.45) is 2.40. The zero-order chi connectivity index (χ0) is 10.3. The van der Waals surface area contributed by atoms with Crippen LogP contribution in [0, 0.1) is 11.8 Å². The highest BCUT2D eigenvalue weighted by molar-refractivity contribution is 5.69. The van der Waals surface area contributed by atoms with Crippen molar-refractivity contribution in [2.45, 2.75) is 33.1 Å². The molecule has 0 aliphatic heterocycles. The molecule has 0 aliphatic rings. The van der Waals surface area contributed by atoms with Crippen LogP contribution in [0.3, 0.4) is 0 Å². The first kappa shape index (κ1) is 12.4. The quantitative estimate of drug-likeness (QED) is 0.642. The van der Waals surface area contributed by atoms with E-state index in [1.807, 2.05) is 0 Å². The van der Waals surface area contributed by atoms with E-state index in [0.29, 0.717) is 24.8 Å². The monoisotopic (exact) mass is 187 g/mol. The van der Waals surface area contributed by atoms with E-state index >= 15 is 0 Å². The average Bonchev–Trinajstić information content (AvgIpc) is 2.11. The van der Waals surface area contributed by atoms with E-state index < -0.39 is 0 Å². The lowest BCUT2D eigenvalue weighted by molar-refractivity contribution is -0.141. The van der Waals surface area contributed by atoms with Crippen LogP contribution in [0.15, 0.2) is 0 Å². The van der Waals surface area contributed by atoms with E-state index in [-0.39, 0.29) is 5.97 Å². The van der Waals surface area contributed by atoms with Crippen molar-refractivity contribution in [1.82, 2.24) is 0 Å². The van der Waals surface area contributed by atoms with E-state index in [9.17, 15) is 4.79 Å². The number of carbonyl (C=O) groups is 1. The number of methoxy groups -OCH3 is 1. The maximum absolute atomic E-state index is 10.9. The van der Waals surface area contributed by atoms with Gasteiger partial charge in [-0.1, -0.05) is 13.8 Å². The molecule has 0 aromatic carbocycles. The summed E-state index contributed by atoms with van der Waals surface area (Å²) in [5.74, 6) is 1.01. The van der Waals surface area contributed by atoms with Crippen molar-refractivity contribution >= 4 is 5.97 Å². The molecule has 0 fully saturated rings. The van der Waals surface area contributed by atoms with Gasteiger partial charge in [-0.05, 0) is 31.2 Å². The highest BCUT2D eigenvalue weighted by atomic mass is 16.5. The fourth-order valence-electron chi connectivity index (χ4n) is 1.43. The Balaban J connectivity index is 3.75. The largest absolute Gasteiger partial charge is 0.469 e. The number of hydrogen-bond donors (Lipinski definition) is 1. The lowest BCUT2D eigenvalue weighted by Crippen LogP contribution is -2.16. The van der Waals surface area contributed by atoms with Crippen LogP contribution in [0.1, 0.15) is 33.1 Å². The van der Waals surface area contributed by atoms with Gasteiger partial charge in [-0.2, -0.15) is 0 Å². The van der Waals surface area contributed by atoms with Gasteiger partial charge in [-0.25, -0.2) is 0 Å². The first-order valence-corrected chi connectivity index (χ1v) is 4.88. The summed E-state index contributed by atoms with van der Waals surface area (Å²) in [7, 11) is 1.43. The number of carbonyl (C=O) groups excluding carboxylic acids is 1. The van der Waals surface area contributed by atoms with Crippen molar-refractivity contribution in [2.75, 3.05) is 13.7 Å². The summed E-state index contributed by atoms with van der Waals surface area (Å²) in [5.41, 5.74) is 5.49. The Morgan fingerprint density at radius 1 is 1.38 bits per heavy atom. The van der Waals surface area contributed by atoms with Gasteiger partial charge in [0.1, 0.15) is 0 Å². The fraction of sp³-hybridized carbons (Fsp3) is 0.900. The van der Waals surface area contributed by atoms with Crippen LogP contribution in [0.4, 0.5) is 0 Å². The van der Waals surface area contributed by atoms with Crippen molar-refractivity contribution in [2.24, 2.45) is 17.6 Å². The summed E-state index contributed by atoms with van der Waals surface area (Å²) < 4.78 is 4.59.